The molecule has 2 N–H and O–H groups in total. The second kappa shape index (κ2) is 6.63. The van der Waals surface area contributed by atoms with E-state index in [9.17, 15) is 19.1 Å². The Balaban J connectivity index is 1.92. The van der Waals surface area contributed by atoms with Crippen molar-refractivity contribution in [3.05, 3.63) is 75.2 Å². The van der Waals surface area contributed by atoms with Gasteiger partial charge in [-0.2, -0.15) is 0 Å². The van der Waals surface area contributed by atoms with E-state index in [4.69, 9.17) is 0 Å². The van der Waals surface area contributed by atoms with Gasteiger partial charge in [0.25, 0.3) is 0 Å². The fourth-order valence-corrected chi connectivity index (χ4v) is 4.64. The molecule has 0 spiro atoms. The highest BCUT2D eigenvalue weighted by Crippen LogP contribution is 2.49. The Hall–Kier alpha value is -2.99. The summed E-state index contributed by atoms with van der Waals surface area (Å²) >= 11 is 1.17. The number of halogens is 1. The standard InChI is InChI=1S/C21H16FNO3S/c1-11-2-4-13(5-3-11)17-18-19(27-20(17)21(25)26)15(10-16(24)23-18)12-6-8-14(22)9-7-12/h2-9,15H,10H2,1H3,(H,23,24)(H,25,26)/t15-/m1/s1. The second-order valence-corrected chi connectivity index (χ2v) is 7.63. The Morgan fingerprint density at radius 2 is 1.81 bits per heavy atom. The van der Waals surface area contributed by atoms with Gasteiger partial charge in [-0.1, -0.05) is 42.0 Å². The maximum Gasteiger partial charge on any atom is 0.346 e. The third kappa shape index (κ3) is 3.13. The van der Waals surface area contributed by atoms with Crippen molar-refractivity contribution in [1.82, 2.24) is 0 Å². The van der Waals surface area contributed by atoms with E-state index in [1.165, 1.54) is 23.5 Å². The van der Waals surface area contributed by atoms with Gasteiger partial charge in [0, 0.05) is 22.8 Å². The van der Waals surface area contributed by atoms with Crippen molar-refractivity contribution in [3.63, 3.8) is 0 Å². The van der Waals surface area contributed by atoms with Crippen LogP contribution in [0, 0.1) is 12.7 Å². The first kappa shape index (κ1) is 17.4. The lowest BCUT2D eigenvalue weighted by atomic mass is 9.88. The lowest BCUT2D eigenvalue weighted by molar-refractivity contribution is -0.116. The minimum atomic E-state index is -1.03. The molecule has 0 saturated carbocycles. The molecule has 0 radical (unpaired) electrons. The van der Waals surface area contributed by atoms with Gasteiger partial charge in [0.1, 0.15) is 10.7 Å². The predicted octanol–water partition coefficient (Wildman–Crippen LogP) is 5.03. The maximum atomic E-state index is 13.3. The first-order valence-electron chi connectivity index (χ1n) is 8.46. The Morgan fingerprint density at radius 3 is 2.44 bits per heavy atom. The van der Waals surface area contributed by atoms with Crippen LogP contribution in [-0.4, -0.2) is 17.0 Å². The molecule has 0 saturated heterocycles. The number of benzene rings is 2. The molecular formula is C21H16FNO3S. The number of amides is 1. The molecule has 0 unspecified atom stereocenters. The minimum Gasteiger partial charge on any atom is -0.477 e. The number of carbonyl (C=O) groups is 2. The molecule has 1 aliphatic heterocycles. The summed E-state index contributed by atoms with van der Waals surface area (Å²) in [5.41, 5.74) is 3.68. The largest absolute Gasteiger partial charge is 0.477 e. The number of carboxylic acid groups (broad SMARTS) is 1. The Morgan fingerprint density at radius 1 is 1.15 bits per heavy atom. The predicted molar refractivity (Wildman–Crippen MR) is 103 cm³/mol. The third-order valence-corrected chi connectivity index (χ3v) is 6.00. The smallest absolute Gasteiger partial charge is 0.346 e. The zero-order chi connectivity index (χ0) is 19.1. The van der Waals surface area contributed by atoms with Crippen LogP contribution in [0.25, 0.3) is 11.1 Å². The highest BCUT2D eigenvalue weighted by Gasteiger charge is 2.34. The zero-order valence-corrected chi connectivity index (χ0v) is 15.3. The van der Waals surface area contributed by atoms with Crippen molar-refractivity contribution < 1.29 is 19.1 Å². The van der Waals surface area contributed by atoms with Crippen LogP contribution in [0.4, 0.5) is 10.1 Å². The van der Waals surface area contributed by atoms with E-state index in [1.807, 2.05) is 31.2 Å². The van der Waals surface area contributed by atoms with Crippen molar-refractivity contribution in [2.45, 2.75) is 19.3 Å². The first-order chi connectivity index (χ1) is 12.9. The molecular weight excluding hydrogens is 365 g/mol. The Labute approximate surface area is 159 Å². The summed E-state index contributed by atoms with van der Waals surface area (Å²) < 4.78 is 13.3. The molecule has 136 valence electrons. The quantitative estimate of drug-likeness (QED) is 0.668. The molecule has 1 atom stereocenters. The van der Waals surface area contributed by atoms with Gasteiger partial charge < -0.3 is 10.4 Å². The zero-order valence-electron chi connectivity index (χ0n) is 14.5. The maximum absolute atomic E-state index is 13.3. The summed E-state index contributed by atoms with van der Waals surface area (Å²) in [7, 11) is 0. The number of anilines is 1. The number of carbonyl (C=O) groups excluding carboxylic acids is 1. The van der Waals surface area contributed by atoms with Crippen LogP contribution < -0.4 is 5.32 Å². The van der Waals surface area contributed by atoms with Gasteiger partial charge >= 0.3 is 5.97 Å². The lowest BCUT2D eigenvalue weighted by Crippen LogP contribution is -2.22. The summed E-state index contributed by atoms with van der Waals surface area (Å²) in [6.45, 7) is 1.96. The lowest BCUT2D eigenvalue weighted by Gasteiger charge is -2.24. The fourth-order valence-electron chi connectivity index (χ4n) is 3.40. The number of aromatic carboxylic acids is 1. The number of nitrogens with one attached hydrogen (secondary N) is 1. The molecule has 2 aromatic carbocycles. The molecule has 2 heterocycles. The molecule has 0 aliphatic carbocycles. The molecule has 4 nitrogen and oxygen atoms in total. The average Bonchev–Trinajstić information content (AvgIpc) is 3.02. The highest BCUT2D eigenvalue weighted by molar-refractivity contribution is 7.15. The molecule has 27 heavy (non-hydrogen) atoms. The number of hydrogen-bond acceptors (Lipinski definition) is 3. The normalized spacial score (nSPS) is 15.9. The Bertz CT molecular complexity index is 1040. The Kier molecular flexibility index (Phi) is 4.28. The van der Waals surface area contributed by atoms with E-state index in [2.05, 4.69) is 5.32 Å². The molecule has 3 aromatic rings. The van der Waals surface area contributed by atoms with Crippen LogP contribution >= 0.6 is 11.3 Å². The van der Waals surface area contributed by atoms with Crippen molar-refractivity contribution in [2.24, 2.45) is 0 Å². The topological polar surface area (TPSA) is 66.4 Å². The monoisotopic (exact) mass is 381 g/mol. The second-order valence-electron chi connectivity index (χ2n) is 6.57. The average molecular weight is 381 g/mol. The van der Waals surface area contributed by atoms with Gasteiger partial charge in [-0.05, 0) is 30.2 Å². The van der Waals surface area contributed by atoms with E-state index in [0.29, 0.717) is 11.3 Å². The number of carboxylic acids is 1. The molecule has 1 aromatic heterocycles. The van der Waals surface area contributed by atoms with E-state index in [1.54, 1.807) is 12.1 Å². The summed E-state index contributed by atoms with van der Waals surface area (Å²) in [4.78, 5) is 25.2. The summed E-state index contributed by atoms with van der Waals surface area (Å²) in [5, 5.41) is 12.6. The number of aryl methyl sites for hydroxylation is 1. The van der Waals surface area contributed by atoms with E-state index < -0.39 is 5.97 Å². The van der Waals surface area contributed by atoms with Crippen LogP contribution in [0.2, 0.25) is 0 Å². The van der Waals surface area contributed by atoms with Crippen LogP contribution in [0.5, 0.6) is 0 Å². The van der Waals surface area contributed by atoms with Crippen molar-refractivity contribution in [2.75, 3.05) is 5.32 Å². The van der Waals surface area contributed by atoms with Crippen molar-refractivity contribution >= 4 is 28.9 Å². The SMILES string of the molecule is Cc1ccc(-c2c(C(=O)O)sc3c2NC(=O)C[C@@H]3c2ccc(F)cc2)cc1. The van der Waals surface area contributed by atoms with Gasteiger partial charge in [0.15, 0.2) is 0 Å². The molecule has 0 bridgehead atoms. The van der Waals surface area contributed by atoms with E-state index in [0.717, 1.165) is 21.6 Å². The van der Waals surface area contributed by atoms with E-state index >= 15 is 0 Å². The first-order valence-corrected chi connectivity index (χ1v) is 9.28. The fraction of sp³-hybridized carbons (Fsp3) is 0.143. The van der Waals surface area contributed by atoms with Crippen LogP contribution in [0.1, 0.15) is 38.0 Å². The minimum absolute atomic E-state index is 0.181. The van der Waals surface area contributed by atoms with Crippen molar-refractivity contribution in [3.8, 4) is 11.1 Å². The molecule has 1 amide bonds. The van der Waals surface area contributed by atoms with Gasteiger partial charge in [-0.15, -0.1) is 11.3 Å². The number of fused-ring (bicyclic) bond motifs is 1. The van der Waals surface area contributed by atoms with E-state index in [-0.39, 0.29) is 28.9 Å². The summed E-state index contributed by atoms with van der Waals surface area (Å²) in [6.07, 6.45) is 0.200. The molecule has 0 fully saturated rings. The van der Waals surface area contributed by atoms with Gasteiger partial charge in [0.05, 0.1) is 5.69 Å². The van der Waals surface area contributed by atoms with Crippen LogP contribution in [0.15, 0.2) is 48.5 Å². The number of rotatable bonds is 3. The molecule has 6 heteroatoms. The highest BCUT2D eigenvalue weighted by atomic mass is 32.1. The van der Waals surface area contributed by atoms with Gasteiger partial charge in [0.2, 0.25) is 5.91 Å². The number of hydrogen-bond donors (Lipinski definition) is 2. The van der Waals surface area contributed by atoms with Gasteiger partial charge in [-0.3, -0.25) is 4.79 Å². The summed E-state index contributed by atoms with van der Waals surface area (Å²) in [6, 6.07) is 13.5. The summed E-state index contributed by atoms with van der Waals surface area (Å²) in [5.74, 6) is -1.86. The van der Waals surface area contributed by atoms with Gasteiger partial charge in [-0.25, -0.2) is 9.18 Å². The molecule has 1 aliphatic rings. The van der Waals surface area contributed by atoms with Crippen molar-refractivity contribution in [1.29, 1.82) is 0 Å². The number of thiophene rings is 1. The third-order valence-electron chi connectivity index (χ3n) is 4.71. The van der Waals surface area contributed by atoms with Crippen LogP contribution in [-0.2, 0) is 4.79 Å². The molecule has 4 rings (SSSR count). The van der Waals surface area contributed by atoms with Crippen LogP contribution in [0.3, 0.4) is 0 Å².